The number of halogens is 1. The van der Waals surface area contributed by atoms with Gasteiger partial charge < -0.3 is 0 Å². The van der Waals surface area contributed by atoms with Crippen molar-refractivity contribution in [2.24, 2.45) is 0 Å². The lowest BCUT2D eigenvalue weighted by atomic mass is 10.2. The van der Waals surface area contributed by atoms with Gasteiger partial charge in [0.15, 0.2) is 0 Å². The van der Waals surface area contributed by atoms with E-state index in [1.807, 2.05) is 12.4 Å². The number of rotatable bonds is 6. The normalized spacial score (nSPS) is 10.9. The van der Waals surface area contributed by atoms with Crippen molar-refractivity contribution in [3.63, 3.8) is 0 Å². The number of nitrogens with zero attached hydrogens (tertiary/aromatic N) is 2. The predicted octanol–water partition coefficient (Wildman–Crippen LogP) is 3.47. The van der Waals surface area contributed by atoms with Crippen LogP contribution in [-0.2, 0) is 6.54 Å². The molecule has 0 aliphatic heterocycles. The maximum atomic E-state index is 4.18. The lowest BCUT2D eigenvalue weighted by Gasteiger charge is -2.20. The summed E-state index contributed by atoms with van der Waals surface area (Å²) in [6.07, 6.45) is 6.19. The third-order valence-electron chi connectivity index (χ3n) is 2.25. The highest BCUT2D eigenvalue weighted by atomic mass is 79.9. The molecule has 0 spiro atoms. The molecule has 0 atom stereocenters. The van der Waals surface area contributed by atoms with E-state index in [2.05, 4.69) is 45.7 Å². The topological polar surface area (TPSA) is 16.1 Å². The molecule has 0 N–H and O–H groups in total. The van der Waals surface area contributed by atoms with Gasteiger partial charge in [-0.15, -0.1) is 0 Å². The van der Waals surface area contributed by atoms with Crippen LogP contribution in [0, 0.1) is 0 Å². The van der Waals surface area contributed by atoms with E-state index in [1.165, 1.54) is 31.5 Å². The molecule has 1 heterocycles. The van der Waals surface area contributed by atoms with E-state index in [4.69, 9.17) is 0 Å². The summed E-state index contributed by atoms with van der Waals surface area (Å²) in [5.74, 6) is 0. The number of hydrogen-bond donors (Lipinski definition) is 0. The van der Waals surface area contributed by atoms with E-state index >= 15 is 0 Å². The molecule has 0 bridgehead atoms. The molecule has 0 radical (unpaired) electrons. The van der Waals surface area contributed by atoms with Crippen molar-refractivity contribution < 1.29 is 0 Å². The fourth-order valence-corrected chi connectivity index (χ4v) is 2.12. The number of pyridine rings is 1. The van der Waals surface area contributed by atoms with E-state index < -0.39 is 0 Å². The minimum atomic E-state index is 1.01. The van der Waals surface area contributed by atoms with Crippen LogP contribution in [0.15, 0.2) is 22.9 Å². The summed E-state index contributed by atoms with van der Waals surface area (Å²) in [6, 6.07) is 2.14. The molecule has 1 aromatic heterocycles. The van der Waals surface area contributed by atoms with E-state index in [0.29, 0.717) is 0 Å². The van der Waals surface area contributed by atoms with Crippen LogP contribution in [0.4, 0.5) is 0 Å². The molecule has 1 aromatic rings. The van der Waals surface area contributed by atoms with E-state index in [9.17, 15) is 0 Å². The van der Waals surface area contributed by atoms with Gasteiger partial charge in [-0.2, -0.15) is 0 Å². The van der Waals surface area contributed by atoms with Gasteiger partial charge in [-0.3, -0.25) is 9.88 Å². The second-order valence-electron chi connectivity index (χ2n) is 3.79. The van der Waals surface area contributed by atoms with Crippen molar-refractivity contribution in [2.45, 2.75) is 33.2 Å². The largest absolute Gasteiger partial charge is 0.299 e. The molecule has 0 unspecified atom stereocenters. The van der Waals surface area contributed by atoms with Gasteiger partial charge in [-0.25, -0.2) is 0 Å². The molecule has 0 saturated carbocycles. The van der Waals surface area contributed by atoms with Crippen LogP contribution < -0.4 is 0 Å². The minimum absolute atomic E-state index is 1.01. The molecule has 0 aliphatic rings. The third-order valence-corrected chi connectivity index (χ3v) is 2.68. The lowest BCUT2D eigenvalue weighted by Crippen LogP contribution is -2.24. The SMILES string of the molecule is CCCN(CCC)Cc1cncc(Br)c1. The Morgan fingerprint density at radius 3 is 2.40 bits per heavy atom. The van der Waals surface area contributed by atoms with Crippen molar-refractivity contribution in [1.29, 1.82) is 0 Å². The molecule has 0 saturated heterocycles. The smallest absolute Gasteiger partial charge is 0.0410 e. The van der Waals surface area contributed by atoms with Crippen molar-refractivity contribution >= 4 is 15.9 Å². The minimum Gasteiger partial charge on any atom is -0.299 e. The molecule has 0 aliphatic carbocycles. The van der Waals surface area contributed by atoms with Crippen molar-refractivity contribution in [1.82, 2.24) is 9.88 Å². The molecular weight excluding hydrogens is 252 g/mol. The third kappa shape index (κ3) is 4.76. The Morgan fingerprint density at radius 2 is 1.87 bits per heavy atom. The van der Waals surface area contributed by atoms with Crippen molar-refractivity contribution in [2.75, 3.05) is 13.1 Å². The second kappa shape index (κ2) is 6.96. The van der Waals surface area contributed by atoms with Gasteiger partial charge in [-0.1, -0.05) is 13.8 Å². The molecular formula is C12H19BrN2. The quantitative estimate of drug-likeness (QED) is 0.787. The van der Waals surface area contributed by atoms with Crippen LogP contribution in [0.3, 0.4) is 0 Å². The summed E-state index contributed by atoms with van der Waals surface area (Å²) in [6.45, 7) is 7.79. The first-order valence-corrected chi connectivity index (χ1v) is 6.37. The molecule has 3 heteroatoms. The first kappa shape index (κ1) is 12.7. The average molecular weight is 271 g/mol. The summed E-state index contributed by atoms with van der Waals surface area (Å²) in [5.41, 5.74) is 1.28. The van der Waals surface area contributed by atoms with Gasteiger partial charge in [0.2, 0.25) is 0 Å². The Kier molecular flexibility index (Phi) is 5.88. The lowest BCUT2D eigenvalue weighted by molar-refractivity contribution is 0.266. The van der Waals surface area contributed by atoms with Gasteiger partial charge >= 0.3 is 0 Å². The number of aromatic nitrogens is 1. The van der Waals surface area contributed by atoms with Crippen LogP contribution in [0.5, 0.6) is 0 Å². The Bertz CT molecular complexity index is 283. The van der Waals surface area contributed by atoms with Crippen molar-refractivity contribution in [3.8, 4) is 0 Å². The van der Waals surface area contributed by atoms with Crippen LogP contribution in [0.2, 0.25) is 0 Å². The molecule has 0 fully saturated rings. The van der Waals surface area contributed by atoms with Crippen LogP contribution in [0.25, 0.3) is 0 Å². The van der Waals surface area contributed by atoms with Gasteiger partial charge in [-0.05, 0) is 53.5 Å². The summed E-state index contributed by atoms with van der Waals surface area (Å²) < 4.78 is 1.06. The van der Waals surface area contributed by atoms with Crippen LogP contribution in [0.1, 0.15) is 32.3 Å². The summed E-state index contributed by atoms with van der Waals surface area (Å²) in [5, 5.41) is 0. The Hall–Kier alpha value is -0.410. The van der Waals surface area contributed by atoms with Gasteiger partial charge in [0.05, 0.1) is 0 Å². The zero-order chi connectivity index (χ0) is 11.1. The molecule has 84 valence electrons. The first-order valence-electron chi connectivity index (χ1n) is 5.58. The maximum absolute atomic E-state index is 4.18. The molecule has 15 heavy (non-hydrogen) atoms. The first-order chi connectivity index (χ1) is 7.26. The molecule has 0 aromatic carbocycles. The summed E-state index contributed by atoms with van der Waals surface area (Å²) >= 11 is 3.45. The fourth-order valence-electron chi connectivity index (χ4n) is 1.70. The van der Waals surface area contributed by atoms with E-state index in [0.717, 1.165) is 11.0 Å². The standard InChI is InChI=1S/C12H19BrN2/c1-3-5-15(6-4-2)10-11-7-12(13)9-14-8-11/h7-9H,3-6,10H2,1-2H3. The Balaban J connectivity index is 2.56. The predicted molar refractivity (Wildman–Crippen MR) is 67.8 cm³/mol. The highest BCUT2D eigenvalue weighted by Crippen LogP contribution is 2.11. The Morgan fingerprint density at radius 1 is 1.20 bits per heavy atom. The van der Waals surface area contributed by atoms with Gasteiger partial charge in [0.25, 0.3) is 0 Å². The van der Waals surface area contributed by atoms with E-state index in [1.54, 1.807) is 0 Å². The molecule has 0 amide bonds. The van der Waals surface area contributed by atoms with Gasteiger partial charge in [0, 0.05) is 23.4 Å². The highest BCUT2D eigenvalue weighted by Gasteiger charge is 2.04. The maximum Gasteiger partial charge on any atom is 0.0410 e. The summed E-state index contributed by atoms with van der Waals surface area (Å²) in [7, 11) is 0. The second-order valence-corrected chi connectivity index (χ2v) is 4.70. The fraction of sp³-hybridized carbons (Fsp3) is 0.583. The van der Waals surface area contributed by atoms with Gasteiger partial charge in [0.1, 0.15) is 0 Å². The highest BCUT2D eigenvalue weighted by molar-refractivity contribution is 9.10. The van der Waals surface area contributed by atoms with E-state index in [-0.39, 0.29) is 0 Å². The van der Waals surface area contributed by atoms with Crippen LogP contribution >= 0.6 is 15.9 Å². The number of hydrogen-bond acceptors (Lipinski definition) is 2. The monoisotopic (exact) mass is 270 g/mol. The average Bonchev–Trinajstić information content (AvgIpc) is 2.18. The van der Waals surface area contributed by atoms with Crippen LogP contribution in [-0.4, -0.2) is 23.0 Å². The molecule has 2 nitrogen and oxygen atoms in total. The zero-order valence-electron chi connectivity index (χ0n) is 9.54. The summed E-state index contributed by atoms with van der Waals surface area (Å²) in [4.78, 5) is 6.66. The zero-order valence-corrected chi connectivity index (χ0v) is 11.1. The Labute approximate surface area is 101 Å². The molecule has 1 rings (SSSR count). The van der Waals surface area contributed by atoms with Crippen molar-refractivity contribution in [3.05, 3.63) is 28.5 Å².